The summed E-state index contributed by atoms with van der Waals surface area (Å²) >= 11 is 0. The maximum Gasteiger partial charge on any atom is 0.322 e. The van der Waals surface area contributed by atoms with E-state index >= 15 is 0 Å². The number of carbonyl (C=O) groups is 2. The molecule has 0 aliphatic heterocycles. The minimum atomic E-state index is -4.23. The Hall–Kier alpha value is -4.81. The molecule has 11 nitrogen and oxygen atoms in total. The van der Waals surface area contributed by atoms with Crippen LogP contribution in [0.25, 0.3) is 17.0 Å². The fraction of sp³-hybridized carbons (Fsp3) is 0.294. The van der Waals surface area contributed by atoms with Gasteiger partial charge in [-0.3, -0.25) is 9.59 Å². The van der Waals surface area contributed by atoms with Crippen LogP contribution in [0.5, 0.6) is 0 Å². The topological polar surface area (TPSA) is 170 Å². The molecule has 0 aliphatic carbocycles. The van der Waals surface area contributed by atoms with Gasteiger partial charge in [-0.15, -0.1) is 0 Å². The highest BCUT2D eigenvalue weighted by Crippen LogP contribution is 2.29. The van der Waals surface area contributed by atoms with E-state index in [1.807, 2.05) is 51.1 Å². The van der Waals surface area contributed by atoms with Gasteiger partial charge in [-0.25, -0.2) is 18.2 Å². The van der Waals surface area contributed by atoms with Gasteiger partial charge in [0.2, 0.25) is 10.0 Å². The predicted octanol–water partition coefficient (Wildman–Crippen LogP) is 3.99. The molecule has 0 fully saturated rings. The fourth-order valence-corrected chi connectivity index (χ4v) is 7.06. The zero-order valence-electron chi connectivity index (χ0n) is 26.5. The number of nitrogens with one attached hydrogen (secondary N) is 4. The van der Waals surface area contributed by atoms with Crippen molar-refractivity contribution >= 4 is 39.0 Å². The van der Waals surface area contributed by atoms with Gasteiger partial charge in [-0.1, -0.05) is 48.6 Å². The minimum Gasteiger partial charge on any atom is -0.480 e. The molecule has 4 aromatic rings. The molecule has 1 atom stereocenters. The zero-order chi connectivity index (χ0) is 33.6. The van der Waals surface area contributed by atoms with Gasteiger partial charge >= 0.3 is 12.0 Å². The van der Waals surface area contributed by atoms with Crippen LogP contribution >= 0.6 is 0 Å². The number of nitrogens with zero attached hydrogens (tertiary/aromatic N) is 1. The van der Waals surface area contributed by atoms with Crippen LogP contribution in [-0.2, 0) is 27.7 Å². The van der Waals surface area contributed by atoms with Crippen molar-refractivity contribution in [1.29, 1.82) is 0 Å². The Morgan fingerprint density at radius 3 is 2.24 bits per heavy atom. The van der Waals surface area contributed by atoms with E-state index in [1.54, 1.807) is 44.2 Å². The lowest BCUT2D eigenvalue weighted by Crippen LogP contribution is -2.43. The van der Waals surface area contributed by atoms with Gasteiger partial charge in [0.15, 0.2) is 0 Å². The third-order valence-corrected chi connectivity index (χ3v) is 9.95. The number of aromatic nitrogens is 2. The van der Waals surface area contributed by atoms with Crippen LogP contribution in [0, 0.1) is 34.6 Å². The quantitative estimate of drug-likeness (QED) is 0.155. The van der Waals surface area contributed by atoms with Crippen LogP contribution in [-0.4, -0.2) is 54.6 Å². The van der Waals surface area contributed by atoms with E-state index < -0.39 is 27.6 Å². The van der Waals surface area contributed by atoms with E-state index in [2.05, 4.69) is 25.3 Å². The third-order valence-electron chi connectivity index (χ3n) is 8.20. The molecule has 0 bridgehead atoms. The summed E-state index contributed by atoms with van der Waals surface area (Å²) < 4.78 is 29.2. The van der Waals surface area contributed by atoms with Gasteiger partial charge in [0.05, 0.1) is 15.8 Å². The molecule has 1 aromatic heterocycles. The number of aromatic amines is 1. The molecule has 5 N–H and O–H groups in total. The summed E-state index contributed by atoms with van der Waals surface area (Å²) in [6, 6.07) is 13.0. The van der Waals surface area contributed by atoms with Crippen molar-refractivity contribution in [3.8, 4) is 0 Å². The SMILES string of the molecule is Cc1c(C)c(C)c(S(=O)(=O)N[C@@H](Cc2nc3ccc(C=CCNC(=O)NCCc4ccccc4)cc3c(=O)[nH]2)C(=O)O)c(C)c1C. The fourth-order valence-electron chi connectivity index (χ4n) is 5.27. The number of sulfonamides is 1. The molecule has 0 saturated heterocycles. The number of hydrogen-bond acceptors (Lipinski definition) is 6. The Morgan fingerprint density at radius 1 is 0.935 bits per heavy atom. The smallest absolute Gasteiger partial charge is 0.322 e. The van der Waals surface area contributed by atoms with Crippen LogP contribution in [0.3, 0.4) is 0 Å². The number of benzene rings is 3. The summed E-state index contributed by atoms with van der Waals surface area (Å²) in [5, 5.41) is 15.7. The molecular weight excluding hydrogens is 606 g/mol. The van der Waals surface area contributed by atoms with Crippen molar-refractivity contribution in [2.75, 3.05) is 13.1 Å². The monoisotopic (exact) mass is 645 g/mol. The van der Waals surface area contributed by atoms with Gasteiger partial charge < -0.3 is 20.7 Å². The predicted molar refractivity (Wildman–Crippen MR) is 179 cm³/mol. The normalized spacial score (nSPS) is 12.4. The van der Waals surface area contributed by atoms with Gasteiger partial charge in [0.25, 0.3) is 5.56 Å². The molecule has 12 heteroatoms. The second-order valence-corrected chi connectivity index (χ2v) is 12.9. The van der Waals surface area contributed by atoms with Crippen molar-refractivity contribution in [2.24, 2.45) is 0 Å². The van der Waals surface area contributed by atoms with Crippen LogP contribution in [0.15, 0.2) is 64.3 Å². The molecule has 0 aliphatic rings. The van der Waals surface area contributed by atoms with Crippen LogP contribution in [0.1, 0.15) is 44.8 Å². The lowest BCUT2D eigenvalue weighted by Gasteiger charge is -2.21. The number of carboxylic acid groups (broad SMARTS) is 1. The highest BCUT2D eigenvalue weighted by molar-refractivity contribution is 7.89. The molecule has 0 spiro atoms. The standard InChI is InChI=1S/C34H39N5O6S/c1-20-21(2)23(4)31(24(5)22(20)3)46(44,45)39-29(33(41)42)19-30-37-28-14-13-26(18-27(28)32(40)38-30)12-9-16-35-34(43)36-17-15-25-10-7-6-8-11-25/h6-14,18,29,39H,15-17,19H2,1-5H3,(H,41,42)(H2,35,36,43)(H,37,38,40)/t29-/m0/s1. The van der Waals surface area contributed by atoms with Crippen molar-refractivity contribution in [3.05, 3.63) is 110 Å². The van der Waals surface area contributed by atoms with Crippen molar-refractivity contribution in [2.45, 2.75) is 58.4 Å². The van der Waals surface area contributed by atoms with Crippen LogP contribution in [0.4, 0.5) is 4.79 Å². The Kier molecular flexibility index (Phi) is 10.8. The molecule has 46 heavy (non-hydrogen) atoms. The maximum atomic E-state index is 13.5. The van der Waals surface area contributed by atoms with Gasteiger partial charge in [0, 0.05) is 19.5 Å². The second kappa shape index (κ2) is 14.5. The number of carboxylic acids is 1. The van der Waals surface area contributed by atoms with E-state index in [9.17, 15) is 27.9 Å². The Balaban J connectivity index is 1.42. The molecule has 242 valence electrons. The first kappa shape index (κ1) is 34.1. The summed E-state index contributed by atoms with van der Waals surface area (Å²) in [7, 11) is -4.23. The zero-order valence-corrected chi connectivity index (χ0v) is 27.3. The number of amides is 2. The number of carbonyl (C=O) groups excluding carboxylic acids is 1. The Labute approximate surface area is 268 Å². The number of H-pyrrole nitrogens is 1. The Bertz CT molecular complexity index is 1940. The second-order valence-electron chi connectivity index (χ2n) is 11.2. The van der Waals surface area contributed by atoms with Gasteiger partial charge in [-0.2, -0.15) is 4.72 Å². The average Bonchev–Trinajstić information content (AvgIpc) is 3.01. The molecule has 0 radical (unpaired) electrons. The summed E-state index contributed by atoms with van der Waals surface area (Å²) in [6.07, 6.45) is 3.86. The van der Waals surface area contributed by atoms with Crippen LogP contribution in [0.2, 0.25) is 0 Å². The van der Waals surface area contributed by atoms with Crippen LogP contribution < -0.4 is 20.9 Å². The van der Waals surface area contributed by atoms with Gasteiger partial charge in [-0.05, 0) is 92.1 Å². The van der Waals surface area contributed by atoms with Crippen molar-refractivity contribution < 1.29 is 23.1 Å². The molecular formula is C34H39N5O6S. The minimum absolute atomic E-state index is 0.0306. The summed E-state index contributed by atoms with van der Waals surface area (Å²) in [5.41, 5.74) is 5.40. The number of urea groups is 1. The summed E-state index contributed by atoms with van der Waals surface area (Å²) in [4.78, 5) is 44.2. The van der Waals surface area contributed by atoms with E-state index in [0.717, 1.165) is 28.7 Å². The molecule has 0 unspecified atom stereocenters. The van der Waals surface area contributed by atoms with E-state index in [4.69, 9.17) is 0 Å². The molecule has 1 heterocycles. The lowest BCUT2D eigenvalue weighted by molar-refractivity contribution is -0.139. The van der Waals surface area contributed by atoms with Gasteiger partial charge in [0.1, 0.15) is 11.9 Å². The summed E-state index contributed by atoms with van der Waals surface area (Å²) in [6.45, 7) is 9.77. The largest absolute Gasteiger partial charge is 0.480 e. The number of fused-ring (bicyclic) bond motifs is 1. The summed E-state index contributed by atoms with van der Waals surface area (Å²) in [5.74, 6) is -1.37. The highest BCUT2D eigenvalue weighted by Gasteiger charge is 2.30. The van der Waals surface area contributed by atoms with Crippen molar-refractivity contribution in [1.82, 2.24) is 25.3 Å². The number of hydrogen-bond donors (Lipinski definition) is 5. The first-order valence-electron chi connectivity index (χ1n) is 14.9. The first-order valence-corrected chi connectivity index (χ1v) is 16.3. The van der Waals surface area contributed by atoms with E-state index in [-0.39, 0.29) is 35.1 Å². The molecule has 4 rings (SSSR count). The average molecular weight is 646 g/mol. The lowest BCUT2D eigenvalue weighted by atomic mass is 9.95. The Morgan fingerprint density at radius 2 is 1.59 bits per heavy atom. The van der Waals surface area contributed by atoms with E-state index in [1.165, 1.54) is 0 Å². The molecule has 2 amide bonds. The molecule has 0 saturated carbocycles. The first-order chi connectivity index (χ1) is 21.8. The third kappa shape index (κ3) is 8.06. The number of aliphatic carboxylic acids is 1. The van der Waals surface area contributed by atoms with E-state index in [0.29, 0.717) is 28.8 Å². The molecule has 3 aromatic carbocycles. The maximum absolute atomic E-state index is 13.5. The van der Waals surface area contributed by atoms with Crippen molar-refractivity contribution in [3.63, 3.8) is 0 Å². The number of rotatable bonds is 12. The highest BCUT2D eigenvalue weighted by atomic mass is 32.2.